The molecule has 0 spiro atoms. The van der Waals surface area contributed by atoms with E-state index in [1.54, 1.807) is 20.8 Å². The van der Waals surface area contributed by atoms with Crippen LogP contribution in [0.3, 0.4) is 0 Å². The number of alkyl halides is 3. The maximum Gasteiger partial charge on any atom is 0.420 e. The second kappa shape index (κ2) is 7.07. The SMILES string of the molecule is CC(C)(C)OC(=O)N1c2cc(Br)cc(C(F)(F)F)c2OCc2c(Cl)ncnc21. The Morgan fingerprint density at radius 1 is 1.29 bits per heavy atom. The number of hydrogen-bond donors (Lipinski definition) is 0. The Morgan fingerprint density at radius 2 is 1.96 bits per heavy atom. The van der Waals surface area contributed by atoms with Crippen LogP contribution < -0.4 is 9.64 Å². The first-order valence-electron chi connectivity index (χ1n) is 7.94. The molecule has 0 N–H and O–H groups in total. The Balaban J connectivity index is 2.30. The fourth-order valence-corrected chi connectivity index (χ4v) is 3.19. The summed E-state index contributed by atoms with van der Waals surface area (Å²) in [4.78, 5) is 21.7. The van der Waals surface area contributed by atoms with E-state index in [2.05, 4.69) is 25.9 Å². The first-order valence-corrected chi connectivity index (χ1v) is 9.11. The average Bonchev–Trinajstić information content (AvgIpc) is 2.69. The molecule has 1 aliphatic rings. The average molecular weight is 481 g/mol. The second-order valence-electron chi connectivity index (χ2n) is 6.87. The van der Waals surface area contributed by atoms with Crippen LogP contribution >= 0.6 is 27.5 Å². The zero-order valence-corrected chi connectivity index (χ0v) is 17.2. The van der Waals surface area contributed by atoms with Gasteiger partial charge in [-0.25, -0.2) is 19.7 Å². The third kappa shape index (κ3) is 4.02. The summed E-state index contributed by atoms with van der Waals surface area (Å²) in [7, 11) is 0. The minimum absolute atomic E-state index is 0.0146. The van der Waals surface area contributed by atoms with Crippen LogP contribution in [-0.4, -0.2) is 21.7 Å². The number of aromatic nitrogens is 2. The molecule has 0 bridgehead atoms. The Kier molecular flexibility index (Phi) is 5.22. The van der Waals surface area contributed by atoms with E-state index in [0.717, 1.165) is 17.3 Å². The molecule has 0 atom stereocenters. The van der Waals surface area contributed by atoms with Crippen molar-refractivity contribution in [3.05, 3.63) is 39.2 Å². The minimum Gasteiger partial charge on any atom is -0.486 e. The number of anilines is 2. The van der Waals surface area contributed by atoms with Gasteiger partial charge in [0.25, 0.3) is 0 Å². The van der Waals surface area contributed by atoms with Gasteiger partial charge in [0.05, 0.1) is 11.3 Å². The first kappa shape index (κ1) is 20.7. The normalized spacial score (nSPS) is 13.9. The number of rotatable bonds is 0. The number of nitrogens with zero attached hydrogens (tertiary/aromatic N) is 3. The third-order valence-corrected chi connectivity index (χ3v) is 4.38. The molecule has 1 aromatic carbocycles. The number of hydrogen-bond acceptors (Lipinski definition) is 5. The van der Waals surface area contributed by atoms with E-state index in [1.807, 2.05) is 0 Å². The van der Waals surface area contributed by atoms with Crippen LogP contribution in [0, 0.1) is 0 Å². The van der Waals surface area contributed by atoms with E-state index in [0.29, 0.717) is 0 Å². The summed E-state index contributed by atoms with van der Waals surface area (Å²) in [5, 5.41) is -0.0426. The molecule has 150 valence electrons. The van der Waals surface area contributed by atoms with Gasteiger partial charge in [0.1, 0.15) is 29.3 Å². The number of benzene rings is 1. The first-order chi connectivity index (χ1) is 12.9. The number of carbonyl (C=O) groups is 1. The van der Waals surface area contributed by atoms with Crippen molar-refractivity contribution in [3.8, 4) is 5.75 Å². The number of carbonyl (C=O) groups excluding carboxylic acids is 1. The largest absolute Gasteiger partial charge is 0.486 e. The summed E-state index contributed by atoms with van der Waals surface area (Å²) in [6.07, 6.45) is -4.55. The van der Waals surface area contributed by atoms with Crippen LogP contribution in [0.15, 0.2) is 22.9 Å². The summed E-state index contributed by atoms with van der Waals surface area (Å²) < 4.78 is 51.7. The summed E-state index contributed by atoms with van der Waals surface area (Å²) in [6, 6.07) is 2.19. The summed E-state index contributed by atoms with van der Waals surface area (Å²) >= 11 is 9.14. The zero-order valence-electron chi connectivity index (χ0n) is 14.9. The van der Waals surface area contributed by atoms with Crippen LogP contribution in [0.4, 0.5) is 29.5 Å². The van der Waals surface area contributed by atoms with Crippen molar-refractivity contribution >= 4 is 45.1 Å². The Labute approximate surface area is 171 Å². The summed E-state index contributed by atoms with van der Waals surface area (Å²) in [5.41, 5.74) is -1.97. The van der Waals surface area contributed by atoms with Crippen LogP contribution in [0.5, 0.6) is 5.75 Å². The Bertz CT molecular complexity index is 948. The van der Waals surface area contributed by atoms with Crippen LogP contribution in [0.1, 0.15) is 31.9 Å². The maximum absolute atomic E-state index is 13.6. The maximum atomic E-state index is 13.6. The van der Waals surface area contributed by atoms with Gasteiger partial charge in [0.15, 0.2) is 11.6 Å². The molecule has 6 nitrogen and oxygen atoms in total. The highest BCUT2D eigenvalue weighted by molar-refractivity contribution is 9.10. The molecule has 0 unspecified atom stereocenters. The molecule has 1 aliphatic heterocycles. The quantitative estimate of drug-likeness (QED) is 0.441. The topological polar surface area (TPSA) is 64.5 Å². The molecule has 0 aliphatic carbocycles. The summed E-state index contributed by atoms with van der Waals surface area (Å²) in [5.74, 6) is -0.546. The molecule has 11 heteroatoms. The molecular weight excluding hydrogens is 467 g/mol. The monoisotopic (exact) mass is 479 g/mol. The van der Waals surface area contributed by atoms with Gasteiger partial charge >= 0.3 is 12.3 Å². The molecule has 28 heavy (non-hydrogen) atoms. The minimum atomic E-state index is -4.72. The lowest BCUT2D eigenvalue weighted by atomic mass is 10.1. The van der Waals surface area contributed by atoms with Gasteiger partial charge in [0, 0.05) is 4.47 Å². The van der Waals surface area contributed by atoms with E-state index in [9.17, 15) is 18.0 Å². The highest BCUT2D eigenvalue weighted by Crippen LogP contribution is 2.48. The third-order valence-electron chi connectivity index (χ3n) is 3.60. The van der Waals surface area contributed by atoms with E-state index < -0.39 is 29.2 Å². The molecular formula is C17H14BrClF3N3O3. The van der Waals surface area contributed by atoms with Crippen molar-refractivity contribution in [1.29, 1.82) is 0 Å². The molecule has 3 rings (SSSR count). The number of amides is 1. The molecule has 0 radical (unpaired) electrons. The summed E-state index contributed by atoms with van der Waals surface area (Å²) in [6.45, 7) is 4.55. The van der Waals surface area contributed by atoms with Crippen molar-refractivity contribution in [2.45, 2.75) is 39.2 Å². The zero-order chi connectivity index (χ0) is 20.9. The van der Waals surface area contributed by atoms with Gasteiger partial charge < -0.3 is 9.47 Å². The Hall–Kier alpha value is -2.07. The number of ether oxygens (including phenoxy) is 2. The fourth-order valence-electron chi connectivity index (χ4n) is 2.56. The molecule has 1 aromatic heterocycles. The lowest BCUT2D eigenvalue weighted by Gasteiger charge is -2.27. The predicted molar refractivity (Wildman–Crippen MR) is 98.9 cm³/mol. The lowest BCUT2D eigenvalue weighted by molar-refractivity contribution is -0.139. The van der Waals surface area contributed by atoms with Crippen molar-refractivity contribution in [2.24, 2.45) is 0 Å². The van der Waals surface area contributed by atoms with E-state index in [4.69, 9.17) is 21.1 Å². The van der Waals surface area contributed by atoms with E-state index in [1.165, 1.54) is 6.07 Å². The lowest BCUT2D eigenvalue weighted by Crippen LogP contribution is -2.34. The predicted octanol–water partition coefficient (Wildman–Crippen LogP) is 5.88. The highest BCUT2D eigenvalue weighted by atomic mass is 79.9. The van der Waals surface area contributed by atoms with E-state index in [-0.39, 0.29) is 33.3 Å². The van der Waals surface area contributed by atoms with Crippen molar-refractivity contribution in [3.63, 3.8) is 0 Å². The molecule has 0 saturated heterocycles. The van der Waals surface area contributed by atoms with Gasteiger partial charge in [-0.3, -0.25) is 0 Å². The van der Waals surface area contributed by atoms with Gasteiger partial charge in [-0.1, -0.05) is 27.5 Å². The number of halogens is 5. The van der Waals surface area contributed by atoms with Crippen molar-refractivity contribution < 1.29 is 27.4 Å². The second-order valence-corrected chi connectivity index (χ2v) is 8.14. The van der Waals surface area contributed by atoms with Crippen LogP contribution in [0.25, 0.3) is 0 Å². The Morgan fingerprint density at radius 3 is 2.57 bits per heavy atom. The van der Waals surface area contributed by atoms with E-state index >= 15 is 0 Å². The van der Waals surface area contributed by atoms with Gasteiger partial charge in [-0.15, -0.1) is 0 Å². The standard InChI is InChI=1S/C17H14BrClF3N3O3/c1-16(2,3)28-15(26)25-11-5-8(18)4-10(17(20,21)22)12(11)27-6-9-13(19)23-7-24-14(9)25/h4-5,7H,6H2,1-3H3. The molecule has 2 aromatic rings. The fraction of sp³-hybridized carbons (Fsp3) is 0.353. The smallest absolute Gasteiger partial charge is 0.420 e. The number of fused-ring (bicyclic) bond motifs is 2. The van der Waals surface area contributed by atoms with Gasteiger partial charge in [0.2, 0.25) is 0 Å². The van der Waals surface area contributed by atoms with Crippen molar-refractivity contribution in [2.75, 3.05) is 4.90 Å². The molecule has 2 heterocycles. The van der Waals surface area contributed by atoms with Crippen molar-refractivity contribution in [1.82, 2.24) is 9.97 Å². The highest BCUT2D eigenvalue weighted by Gasteiger charge is 2.41. The van der Waals surface area contributed by atoms with Crippen LogP contribution in [0.2, 0.25) is 5.15 Å². The molecule has 1 amide bonds. The van der Waals surface area contributed by atoms with Gasteiger partial charge in [-0.05, 0) is 32.9 Å². The molecule has 0 saturated carbocycles. The van der Waals surface area contributed by atoms with Gasteiger partial charge in [-0.2, -0.15) is 13.2 Å². The molecule has 0 fully saturated rings. The van der Waals surface area contributed by atoms with Crippen LogP contribution in [-0.2, 0) is 17.5 Å².